The van der Waals surface area contributed by atoms with Crippen LogP contribution in [0.1, 0.15) is 5.56 Å². The Hall–Kier alpha value is -2.71. The number of rotatable bonds is 4. The Morgan fingerprint density at radius 2 is 1.72 bits per heavy atom. The minimum Gasteiger partial charge on any atom is -0.419 e. The Kier molecular flexibility index (Phi) is 5.14. The largest absolute Gasteiger partial charge is 0.419 e. The topological polar surface area (TPSA) is 66.7 Å². The van der Waals surface area contributed by atoms with Crippen LogP contribution in [0.3, 0.4) is 0 Å². The first-order valence-corrected chi connectivity index (χ1v) is 10.8. The molecule has 0 N–H and O–H groups in total. The summed E-state index contributed by atoms with van der Waals surface area (Å²) in [5, 5.41) is -0.134. The number of sulfone groups is 1. The van der Waals surface area contributed by atoms with Crippen LogP contribution in [0.2, 0.25) is 0 Å². The average Bonchev–Trinajstić information content (AvgIpc) is 3.15. The molecule has 0 aliphatic carbocycles. The van der Waals surface area contributed by atoms with Crippen molar-refractivity contribution in [3.8, 4) is 11.5 Å². The summed E-state index contributed by atoms with van der Waals surface area (Å²) in [4.78, 5) is 8.44. The number of nitrogens with zero attached hydrogens (tertiary/aromatic N) is 3. The fourth-order valence-electron chi connectivity index (χ4n) is 3.31. The molecule has 0 bridgehead atoms. The van der Waals surface area contributed by atoms with Gasteiger partial charge in [0.15, 0.2) is 0 Å². The first kappa shape index (κ1) is 19.6. The molecule has 4 rings (SSSR count). The van der Waals surface area contributed by atoms with Gasteiger partial charge in [0.05, 0.1) is 4.90 Å². The quantitative estimate of drug-likeness (QED) is 0.609. The van der Waals surface area contributed by atoms with Gasteiger partial charge in [-0.3, -0.25) is 0 Å². The van der Waals surface area contributed by atoms with Gasteiger partial charge in [0.1, 0.15) is 5.82 Å². The zero-order valence-corrected chi connectivity index (χ0v) is 17.1. The summed E-state index contributed by atoms with van der Waals surface area (Å²) in [6, 6.07) is 12.3. The highest BCUT2D eigenvalue weighted by atomic mass is 32.2. The van der Waals surface area contributed by atoms with E-state index in [9.17, 15) is 12.8 Å². The lowest BCUT2D eigenvalue weighted by molar-refractivity contribution is 0.305. The van der Waals surface area contributed by atoms with E-state index in [4.69, 9.17) is 4.42 Å². The molecule has 0 saturated carbocycles. The van der Waals surface area contributed by atoms with E-state index >= 15 is 0 Å². The molecular formula is C21H22FN3O3S. The molecule has 6 nitrogen and oxygen atoms in total. The van der Waals surface area contributed by atoms with Crippen LogP contribution in [0.5, 0.6) is 0 Å². The Balaban J connectivity index is 1.83. The summed E-state index contributed by atoms with van der Waals surface area (Å²) in [7, 11) is -1.95. The lowest BCUT2D eigenvalue weighted by Crippen LogP contribution is -2.44. The van der Waals surface area contributed by atoms with Crippen molar-refractivity contribution in [2.75, 3.05) is 38.1 Å². The van der Waals surface area contributed by atoms with Crippen LogP contribution in [-0.2, 0) is 9.84 Å². The van der Waals surface area contributed by atoms with Crippen LogP contribution >= 0.6 is 0 Å². The van der Waals surface area contributed by atoms with E-state index in [0.29, 0.717) is 18.7 Å². The van der Waals surface area contributed by atoms with Crippen LogP contribution in [-0.4, -0.2) is 51.5 Å². The van der Waals surface area contributed by atoms with Crippen LogP contribution in [0.15, 0.2) is 62.9 Å². The molecule has 1 fully saturated rings. The molecule has 0 atom stereocenters. The summed E-state index contributed by atoms with van der Waals surface area (Å²) in [6.07, 6.45) is 0. The van der Waals surface area contributed by atoms with Crippen LogP contribution in [0, 0.1) is 12.7 Å². The van der Waals surface area contributed by atoms with Crippen molar-refractivity contribution in [1.82, 2.24) is 9.88 Å². The fourth-order valence-corrected chi connectivity index (χ4v) is 4.63. The van der Waals surface area contributed by atoms with Gasteiger partial charge < -0.3 is 14.2 Å². The number of halogens is 1. The molecule has 29 heavy (non-hydrogen) atoms. The Morgan fingerprint density at radius 3 is 2.38 bits per heavy atom. The van der Waals surface area contributed by atoms with Gasteiger partial charge in [-0.2, -0.15) is 4.98 Å². The molecule has 0 amide bonds. The average molecular weight is 415 g/mol. The second kappa shape index (κ2) is 7.61. The molecule has 1 aliphatic rings. The van der Waals surface area contributed by atoms with Gasteiger partial charge in [-0.15, -0.1) is 0 Å². The molecule has 2 aromatic carbocycles. The summed E-state index contributed by atoms with van der Waals surface area (Å²) in [6.45, 7) is 4.78. The maximum absolute atomic E-state index is 13.3. The predicted octanol–water partition coefficient (Wildman–Crippen LogP) is 3.37. The van der Waals surface area contributed by atoms with E-state index in [0.717, 1.165) is 30.8 Å². The lowest BCUT2D eigenvalue weighted by atomic mass is 10.1. The summed E-state index contributed by atoms with van der Waals surface area (Å²) in [5.41, 5.74) is 1.73. The maximum Gasteiger partial charge on any atom is 0.236 e. The van der Waals surface area contributed by atoms with Crippen LogP contribution < -0.4 is 4.90 Å². The number of oxazole rings is 1. The molecule has 1 aliphatic heterocycles. The van der Waals surface area contributed by atoms with Gasteiger partial charge >= 0.3 is 0 Å². The highest BCUT2D eigenvalue weighted by Gasteiger charge is 2.32. The fraction of sp³-hybridized carbons (Fsp3) is 0.286. The molecule has 8 heteroatoms. The van der Waals surface area contributed by atoms with Gasteiger partial charge in [-0.25, -0.2) is 12.8 Å². The molecule has 0 radical (unpaired) electrons. The summed E-state index contributed by atoms with van der Waals surface area (Å²) >= 11 is 0. The number of piperazine rings is 1. The van der Waals surface area contributed by atoms with Gasteiger partial charge in [0, 0.05) is 31.7 Å². The van der Waals surface area contributed by atoms with E-state index in [2.05, 4.69) is 9.88 Å². The first-order chi connectivity index (χ1) is 13.8. The number of aromatic nitrogens is 1. The SMILES string of the molecule is Cc1cccc(-c2nc(S(=O)(=O)c3ccc(F)cc3)c(N3CCN(C)CC3)o2)c1. The third-order valence-corrected chi connectivity index (χ3v) is 6.68. The van der Waals surface area contributed by atoms with Crippen molar-refractivity contribution in [3.63, 3.8) is 0 Å². The van der Waals surface area contributed by atoms with Gasteiger partial charge in [0.2, 0.25) is 26.6 Å². The number of aryl methyl sites for hydroxylation is 1. The Bertz CT molecular complexity index is 1120. The molecule has 2 heterocycles. The number of anilines is 1. The highest BCUT2D eigenvalue weighted by molar-refractivity contribution is 7.91. The summed E-state index contributed by atoms with van der Waals surface area (Å²) < 4.78 is 45.9. The van der Waals surface area contributed by atoms with Gasteiger partial charge in [-0.05, 0) is 50.4 Å². The van der Waals surface area contributed by atoms with E-state index in [1.54, 1.807) is 0 Å². The molecule has 0 spiro atoms. The predicted molar refractivity (Wildman–Crippen MR) is 108 cm³/mol. The first-order valence-electron chi connectivity index (χ1n) is 9.36. The smallest absolute Gasteiger partial charge is 0.236 e. The monoisotopic (exact) mass is 415 g/mol. The maximum atomic E-state index is 13.3. The van der Waals surface area contributed by atoms with Crippen molar-refractivity contribution in [2.24, 2.45) is 0 Å². The van der Waals surface area contributed by atoms with Gasteiger partial charge in [0.25, 0.3) is 0 Å². The normalized spacial score (nSPS) is 15.6. The zero-order chi connectivity index (χ0) is 20.6. The third kappa shape index (κ3) is 3.90. The van der Waals surface area contributed by atoms with Crippen molar-refractivity contribution in [2.45, 2.75) is 16.8 Å². The van der Waals surface area contributed by atoms with Crippen LogP contribution in [0.4, 0.5) is 10.3 Å². The number of hydrogen-bond acceptors (Lipinski definition) is 6. The van der Waals surface area contributed by atoms with E-state index < -0.39 is 15.7 Å². The van der Waals surface area contributed by atoms with Crippen LogP contribution in [0.25, 0.3) is 11.5 Å². The number of hydrogen-bond donors (Lipinski definition) is 0. The van der Waals surface area contributed by atoms with Crippen molar-refractivity contribution < 1.29 is 17.2 Å². The van der Waals surface area contributed by atoms with E-state index in [1.807, 2.05) is 43.1 Å². The highest BCUT2D eigenvalue weighted by Crippen LogP contribution is 2.35. The Morgan fingerprint density at radius 1 is 1.03 bits per heavy atom. The molecular weight excluding hydrogens is 393 g/mol. The zero-order valence-electron chi connectivity index (χ0n) is 16.3. The standard InChI is InChI=1S/C21H22FN3O3S/c1-15-4-3-5-16(14-15)19-23-20(21(28-19)25-12-10-24(2)11-13-25)29(26,27)18-8-6-17(22)7-9-18/h3-9,14H,10-13H2,1-2H3. The van der Waals surface area contributed by atoms with Crippen molar-refractivity contribution in [1.29, 1.82) is 0 Å². The third-order valence-electron chi connectivity index (χ3n) is 5.01. The molecule has 152 valence electrons. The van der Waals surface area contributed by atoms with Crippen molar-refractivity contribution in [3.05, 3.63) is 59.9 Å². The number of benzene rings is 2. The minimum absolute atomic E-state index is 0.0154. The molecule has 1 saturated heterocycles. The van der Waals surface area contributed by atoms with Crippen molar-refractivity contribution >= 4 is 15.7 Å². The van der Waals surface area contributed by atoms with Gasteiger partial charge in [-0.1, -0.05) is 17.7 Å². The molecule has 0 unspecified atom stereocenters. The second-order valence-corrected chi connectivity index (χ2v) is 9.11. The van der Waals surface area contributed by atoms with E-state index in [1.165, 1.54) is 12.1 Å². The second-order valence-electron chi connectivity index (χ2n) is 7.25. The lowest BCUT2D eigenvalue weighted by Gasteiger charge is -2.32. The Labute approximate surface area is 169 Å². The molecule has 3 aromatic rings. The minimum atomic E-state index is -3.97. The van der Waals surface area contributed by atoms with E-state index in [-0.39, 0.29) is 21.7 Å². The summed E-state index contributed by atoms with van der Waals surface area (Å²) in [5.74, 6) is -0.00825. The number of likely N-dealkylation sites (N-methyl/N-ethyl adjacent to an activating group) is 1. The molecule has 1 aromatic heterocycles.